The van der Waals surface area contributed by atoms with E-state index in [0.717, 1.165) is 11.1 Å². The summed E-state index contributed by atoms with van der Waals surface area (Å²) < 4.78 is 15.2. The standard InChI is InChI=1S/C18H17FN4OS/c1-12-5-7-14(8-6-12)17-21-22-18(25)23(17)11-16(24)20-10-13-3-2-4-15(19)9-13/h2-9H,10-11H2,1H3,(H,20,24)(H,22,25). The first-order valence-corrected chi connectivity index (χ1v) is 8.17. The molecular formula is C18H17FN4OS. The molecule has 0 unspecified atom stereocenters. The Labute approximate surface area is 149 Å². The monoisotopic (exact) mass is 356 g/mol. The van der Waals surface area contributed by atoms with Gasteiger partial charge in [-0.3, -0.25) is 14.5 Å². The Balaban J connectivity index is 1.72. The number of carbonyl (C=O) groups is 1. The molecule has 1 heterocycles. The van der Waals surface area contributed by atoms with E-state index < -0.39 is 0 Å². The normalized spacial score (nSPS) is 10.6. The predicted molar refractivity (Wildman–Crippen MR) is 95.8 cm³/mol. The molecule has 0 aliphatic heterocycles. The third-order valence-corrected chi connectivity index (χ3v) is 4.06. The van der Waals surface area contributed by atoms with Crippen molar-refractivity contribution in [3.63, 3.8) is 0 Å². The van der Waals surface area contributed by atoms with Crippen LogP contribution >= 0.6 is 12.2 Å². The molecule has 0 radical (unpaired) electrons. The maximum Gasteiger partial charge on any atom is 0.240 e. The van der Waals surface area contributed by atoms with Crippen molar-refractivity contribution in [1.82, 2.24) is 20.1 Å². The molecule has 3 rings (SSSR count). The lowest BCUT2D eigenvalue weighted by Gasteiger charge is -2.09. The first kappa shape index (κ1) is 17.0. The molecule has 0 fully saturated rings. The van der Waals surface area contributed by atoms with Crippen molar-refractivity contribution >= 4 is 18.1 Å². The van der Waals surface area contributed by atoms with Gasteiger partial charge < -0.3 is 5.32 Å². The van der Waals surface area contributed by atoms with Crippen molar-refractivity contribution < 1.29 is 9.18 Å². The molecule has 2 N–H and O–H groups in total. The Bertz CT molecular complexity index is 946. The zero-order chi connectivity index (χ0) is 17.8. The molecular weight excluding hydrogens is 339 g/mol. The molecule has 0 aliphatic carbocycles. The minimum atomic E-state index is -0.328. The molecule has 7 heteroatoms. The minimum absolute atomic E-state index is 0.0356. The van der Waals surface area contributed by atoms with Crippen LogP contribution in [0.2, 0.25) is 0 Å². The van der Waals surface area contributed by atoms with Crippen molar-refractivity contribution in [2.75, 3.05) is 0 Å². The van der Waals surface area contributed by atoms with Crippen molar-refractivity contribution in [2.24, 2.45) is 0 Å². The van der Waals surface area contributed by atoms with Crippen molar-refractivity contribution in [3.8, 4) is 11.4 Å². The Kier molecular flexibility index (Phi) is 5.04. The van der Waals surface area contributed by atoms with E-state index >= 15 is 0 Å². The van der Waals surface area contributed by atoms with E-state index in [1.807, 2.05) is 31.2 Å². The molecule has 128 valence electrons. The molecule has 0 aliphatic rings. The Morgan fingerprint density at radius 1 is 1.28 bits per heavy atom. The van der Waals surface area contributed by atoms with Crippen molar-refractivity contribution in [3.05, 3.63) is 70.2 Å². The summed E-state index contributed by atoms with van der Waals surface area (Å²) in [6, 6.07) is 13.9. The minimum Gasteiger partial charge on any atom is -0.350 e. The molecule has 3 aromatic rings. The van der Waals surface area contributed by atoms with E-state index in [1.165, 1.54) is 12.1 Å². The lowest BCUT2D eigenvalue weighted by atomic mass is 10.1. The van der Waals surface area contributed by atoms with Gasteiger partial charge in [-0.15, -0.1) is 0 Å². The van der Waals surface area contributed by atoms with Gasteiger partial charge in [0.05, 0.1) is 0 Å². The summed E-state index contributed by atoms with van der Waals surface area (Å²) in [4.78, 5) is 12.2. The van der Waals surface area contributed by atoms with Crippen LogP contribution in [0.3, 0.4) is 0 Å². The quantitative estimate of drug-likeness (QED) is 0.689. The Hall–Kier alpha value is -2.80. The summed E-state index contributed by atoms with van der Waals surface area (Å²) in [5, 5.41) is 9.70. The number of halogens is 1. The van der Waals surface area contributed by atoms with Crippen LogP contribution < -0.4 is 5.32 Å². The lowest BCUT2D eigenvalue weighted by Crippen LogP contribution is -2.27. The van der Waals surface area contributed by atoms with E-state index in [1.54, 1.807) is 16.7 Å². The van der Waals surface area contributed by atoms with Gasteiger partial charge in [0.1, 0.15) is 12.4 Å². The molecule has 0 spiro atoms. The average Bonchev–Trinajstić information content (AvgIpc) is 2.95. The number of rotatable bonds is 5. The van der Waals surface area contributed by atoms with Gasteiger partial charge in [0.25, 0.3) is 0 Å². The van der Waals surface area contributed by atoms with Crippen LogP contribution in [0.25, 0.3) is 11.4 Å². The van der Waals surface area contributed by atoms with Crippen LogP contribution in [0, 0.1) is 17.5 Å². The molecule has 0 saturated carbocycles. The summed E-state index contributed by atoms with van der Waals surface area (Å²) in [7, 11) is 0. The molecule has 5 nitrogen and oxygen atoms in total. The van der Waals surface area contributed by atoms with Crippen LogP contribution in [0.4, 0.5) is 4.39 Å². The maximum absolute atomic E-state index is 13.2. The van der Waals surface area contributed by atoms with Gasteiger partial charge in [0.15, 0.2) is 10.6 Å². The van der Waals surface area contributed by atoms with Gasteiger partial charge in [-0.1, -0.05) is 42.0 Å². The van der Waals surface area contributed by atoms with Gasteiger partial charge >= 0.3 is 0 Å². The van der Waals surface area contributed by atoms with E-state index in [9.17, 15) is 9.18 Å². The third kappa shape index (κ3) is 4.19. The van der Waals surface area contributed by atoms with Gasteiger partial charge in [0, 0.05) is 12.1 Å². The fraction of sp³-hybridized carbons (Fsp3) is 0.167. The highest BCUT2D eigenvalue weighted by atomic mass is 32.1. The number of aromatic nitrogens is 3. The van der Waals surface area contributed by atoms with E-state index in [4.69, 9.17) is 12.2 Å². The summed E-state index contributed by atoms with van der Waals surface area (Å²) in [6.45, 7) is 2.29. The summed E-state index contributed by atoms with van der Waals surface area (Å²) in [6.07, 6.45) is 0. The van der Waals surface area contributed by atoms with Crippen LogP contribution in [0.5, 0.6) is 0 Å². The Morgan fingerprint density at radius 3 is 2.76 bits per heavy atom. The number of nitrogens with zero attached hydrogens (tertiary/aromatic N) is 2. The summed E-state index contributed by atoms with van der Waals surface area (Å²) in [5.74, 6) is 0.0477. The SMILES string of the molecule is Cc1ccc(-c2n[nH]c(=S)n2CC(=O)NCc2cccc(F)c2)cc1. The van der Waals surface area contributed by atoms with Crippen molar-refractivity contribution in [1.29, 1.82) is 0 Å². The predicted octanol–water partition coefficient (Wildman–Crippen LogP) is 3.37. The highest BCUT2D eigenvalue weighted by Crippen LogP contribution is 2.17. The molecule has 1 aromatic heterocycles. The van der Waals surface area contributed by atoms with Gasteiger partial charge in [-0.25, -0.2) is 4.39 Å². The Morgan fingerprint density at radius 2 is 2.04 bits per heavy atom. The topological polar surface area (TPSA) is 62.7 Å². The number of nitrogens with one attached hydrogen (secondary N) is 2. The fourth-order valence-electron chi connectivity index (χ4n) is 2.43. The highest BCUT2D eigenvalue weighted by Gasteiger charge is 2.12. The number of aromatic amines is 1. The molecule has 25 heavy (non-hydrogen) atoms. The second-order valence-corrected chi connectivity index (χ2v) is 6.10. The average molecular weight is 356 g/mol. The number of hydrogen-bond donors (Lipinski definition) is 2. The summed E-state index contributed by atoms with van der Waals surface area (Å²) in [5.41, 5.74) is 2.70. The van der Waals surface area contributed by atoms with Crippen LogP contribution in [0.1, 0.15) is 11.1 Å². The number of aryl methyl sites for hydroxylation is 1. The van der Waals surface area contributed by atoms with E-state index in [-0.39, 0.29) is 24.8 Å². The number of amides is 1. The zero-order valence-corrected chi connectivity index (χ0v) is 14.4. The molecule has 0 saturated heterocycles. The first-order chi connectivity index (χ1) is 12.0. The van der Waals surface area contributed by atoms with Crippen LogP contribution in [-0.4, -0.2) is 20.7 Å². The van der Waals surface area contributed by atoms with Gasteiger partial charge in [-0.05, 0) is 36.8 Å². The molecule has 0 atom stereocenters. The second kappa shape index (κ2) is 7.40. The lowest BCUT2D eigenvalue weighted by molar-refractivity contribution is -0.121. The maximum atomic E-state index is 13.2. The highest BCUT2D eigenvalue weighted by molar-refractivity contribution is 7.71. The third-order valence-electron chi connectivity index (χ3n) is 3.75. The molecule has 0 bridgehead atoms. The number of H-pyrrole nitrogens is 1. The van der Waals surface area contributed by atoms with E-state index in [0.29, 0.717) is 16.2 Å². The van der Waals surface area contributed by atoms with Gasteiger partial charge in [-0.2, -0.15) is 5.10 Å². The van der Waals surface area contributed by atoms with Crippen molar-refractivity contribution in [2.45, 2.75) is 20.0 Å². The van der Waals surface area contributed by atoms with Crippen LogP contribution in [-0.2, 0) is 17.9 Å². The van der Waals surface area contributed by atoms with Crippen LogP contribution in [0.15, 0.2) is 48.5 Å². The number of benzene rings is 2. The zero-order valence-electron chi connectivity index (χ0n) is 13.6. The second-order valence-electron chi connectivity index (χ2n) is 5.71. The number of hydrogen-bond acceptors (Lipinski definition) is 3. The summed E-state index contributed by atoms with van der Waals surface area (Å²) >= 11 is 5.23. The largest absolute Gasteiger partial charge is 0.350 e. The first-order valence-electron chi connectivity index (χ1n) is 7.76. The fourth-order valence-corrected chi connectivity index (χ4v) is 2.63. The molecule has 1 amide bonds. The van der Waals surface area contributed by atoms with E-state index in [2.05, 4.69) is 15.5 Å². The van der Waals surface area contributed by atoms with Gasteiger partial charge in [0.2, 0.25) is 5.91 Å². The smallest absolute Gasteiger partial charge is 0.240 e. The molecule has 2 aromatic carbocycles. The number of carbonyl (C=O) groups excluding carboxylic acids is 1.